The number of para-hydroxylation sites is 1. The number of hydrogen-bond acceptors (Lipinski definition) is 3. The molecule has 0 spiro atoms. The third kappa shape index (κ3) is 3.83. The van der Waals surface area contributed by atoms with Gasteiger partial charge >= 0.3 is 0 Å². The molecule has 2 rings (SSSR count). The van der Waals surface area contributed by atoms with Crippen molar-refractivity contribution >= 4 is 10.9 Å². The van der Waals surface area contributed by atoms with E-state index in [0.29, 0.717) is 6.54 Å². The molecule has 21 heavy (non-hydrogen) atoms. The first kappa shape index (κ1) is 16.0. The molecule has 0 aliphatic carbocycles. The molecule has 0 saturated carbocycles. The average molecular weight is 288 g/mol. The van der Waals surface area contributed by atoms with Crippen molar-refractivity contribution < 1.29 is 0 Å². The quantitative estimate of drug-likeness (QED) is 0.852. The third-order valence-electron chi connectivity index (χ3n) is 3.95. The lowest BCUT2D eigenvalue weighted by Crippen LogP contribution is -2.39. The van der Waals surface area contributed by atoms with E-state index >= 15 is 0 Å². The summed E-state index contributed by atoms with van der Waals surface area (Å²) in [6, 6.07) is 8.44. The summed E-state index contributed by atoms with van der Waals surface area (Å²) in [5.41, 5.74) is 8.39. The number of rotatable bonds is 7. The second-order valence-electron chi connectivity index (χ2n) is 6.67. The molecule has 1 heterocycles. The van der Waals surface area contributed by atoms with Gasteiger partial charge in [-0.1, -0.05) is 39.0 Å². The molecule has 0 radical (unpaired) electrons. The van der Waals surface area contributed by atoms with Gasteiger partial charge in [0.25, 0.3) is 0 Å². The maximum atomic E-state index is 5.89. The van der Waals surface area contributed by atoms with Crippen LogP contribution in [0.4, 0.5) is 0 Å². The van der Waals surface area contributed by atoms with Crippen molar-refractivity contribution in [1.82, 2.24) is 14.7 Å². The largest absolute Gasteiger partial charge is 0.330 e. The monoisotopic (exact) mass is 288 g/mol. The van der Waals surface area contributed by atoms with Gasteiger partial charge < -0.3 is 5.73 Å². The van der Waals surface area contributed by atoms with E-state index in [1.54, 1.807) is 0 Å². The van der Waals surface area contributed by atoms with Gasteiger partial charge in [0.05, 0.1) is 11.2 Å². The Bertz CT molecular complexity index is 585. The van der Waals surface area contributed by atoms with Crippen molar-refractivity contribution in [3.05, 3.63) is 30.0 Å². The van der Waals surface area contributed by atoms with E-state index in [1.165, 1.54) is 10.9 Å². The number of nitrogens with zero attached hydrogens (tertiary/aromatic N) is 3. The van der Waals surface area contributed by atoms with Gasteiger partial charge in [0.2, 0.25) is 0 Å². The minimum absolute atomic E-state index is 0.139. The van der Waals surface area contributed by atoms with Crippen LogP contribution in [0.3, 0.4) is 0 Å². The molecule has 1 aromatic heterocycles. The minimum Gasteiger partial charge on any atom is -0.330 e. The molecule has 0 amide bonds. The fourth-order valence-corrected chi connectivity index (χ4v) is 2.82. The highest BCUT2D eigenvalue weighted by molar-refractivity contribution is 5.81. The van der Waals surface area contributed by atoms with Gasteiger partial charge in [-0.2, -0.15) is 5.10 Å². The summed E-state index contributed by atoms with van der Waals surface area (Å²) in [7, 11) is 2.01. The Morgan fingerprint density at radius 1 is 1.29 bits per heavy atom. The van der Waals surface area contributed by atoms with Crippen molar-refractivity contribution in [2.24, 2.45) is 18.2 Å². The molecule has 4 nitrogen and oxygen atoms in total. The first-order valence-electron chi connectivity index (χ1n) is 7.80. The fourth-order valence-electron chi connectivity index (χ4n) is 2.82. The van der Waals surface area contributed by atoms with E-state index in [4.69, 9.17) is 10.8 Å². The first-order valence-corrected chi connectivity index (χ1v) is 7.80. The van der Waals surface area contributed by atoms with Crippen LogP contribution in [0.5, 0.6) is 0 Å². The summed E-state index contributed by atoms with van der Waals surface area (Å²) in [5, 5.41) is 5.97. The number of fused-ring (bicyclic) bond motifs is 1. The summed E-state index contributed by atoms with van der Waals surface area (Å²) in [4.78, 5) is 2.47. The molecule has 0 bridgehead atoms. The van der Waals surface area contributed by atoms with Crippen LogP contribution in [0.25, 0.3) is 10.9 Å². The van der Waals surface area contributed by atoms with Crippen LogP contribution in [0.1, 0.15) is 32.9 Å². The molecule has 1 aromatic carbocycles. The molecule has 2 aromatic rings. The van der Waals surface area contributed by atoms with Gasteiger partial charge in [-0.25, -0.2) is 0 Å². The molecule has 0 aliphatic rings. The molecule has 0 aliphatic heterocycles. The first-order chi connectivity index (χ1) is 9.96. The van der Waals surface area contributed by atoms with Crippen molar-refractivity contribution in [2.75, 3.05) is 19.6 Å². The maximum absolute atomic E-state index is 5.89. The van der Waals surface area contributed by atoms with E-state index in [9.17, 15) is 0 Å². The Morgan fingerprint density at radius 2 is 2.00 bits per heavy atom. The summed E-state index contributed by atoms with van der Waals surface area (Å²) >= 11 is 0. The molecule has 4 heteroatoms. The van der Waals surface area contributed by atoms with Crippen molar-refractivity contribution in [1.29, 1.82) is 0 Å². The van der Waals surface area contributed by atoms with E-state index in [0.717, 1.165) is 31.7 Å². The molecular weight excluding hydrogens is 260 g/mol. The zero-order valence-electron chi connectivity index (χ0n) is 13.8. The molecule has 0 atom stereocenters. The summed E-state index contributed by atoms with van der Waals surface area (Å²) < 4.78 is 1.98. The Kier molecular flexibility index (Phi) is 5.01. The Labute approximate surface area is 127 Å². The number of benzene rings is 1. The highest BCUT2D eigenvalue weighted by Gasteiger charge is 2.21. The van der Waals surface area contributed by atoms with Gasteiger partial charge in [-0.15, -0.1) is 0 Å². The number of hydrogen-bond donors (Lipinski definition) is 1. The average Bonchev–Trinajstić information content (AvgIpc) is 2.76. The van der Waals surface area contributed by atoms with Gasteiger partial charge in [0.15, 0.2) is 0 Å². The maximum Gasteiger partial charge on any atom is 0.0843 e. The van der Waals surface area contributed by atoms with Crippen LogP contribution in [0.15, 0.2) is 24.3 Å². The van der Waals surface area contributed by atoms with Crippen molar-refractivity contribution in [3.63, 3.8) is 0 Å². The zero-order valence-corrected chi connectivity index (χ0v) is 13.8. The van der Waals surface area contributed by atoms with E-state index in [2.05, 4.69) is 49.9 Å². The predicted octanol–water partition coefficient (Wildman–Crippen LogP) is 2.77. The summed E-state index contributed by atoms with van der Waals surface area (Å²) in [6.45, 7) is 10.3. The molecule has 2 N–H and O–H groups in total. The zero-order chi connectivity index (χ0) is 15.5. The van der Waals surface area contributed by atoms with Crippen LogP contribution in [-0.2, 0) is 13.6 Å². The van der Waals surface area contributed by atoms with Crippen LogP contribution >= 0.6 is 0 Å². The molecule has 0 fully saturated rings. The van der Waals surface area contributed by atoms with Crippen LogP contribution < -0.4 is 5.73 Å². The van der Waals surface area contributed by atoms with Gasteiger partial charge in [-0.05, 0) is 31.0 Å². The van der Waals surface area contributed by atoms with Gasteiger partial charge in [0, 0.05) is 25.5 Å². The van der Waals surface area contributed by atoms with Crippen LogP contribution in [0, 0.1) is 5.41 Å². The fraction of sp³-hybridized carbons (Fsp3) is 0.588. The van der Waals surface area contributed by atoms with Gasteiger partial charge in [-0.3, -0.25) is 9.58 Å². The third-order valence-corrected chi connectivity index (χ3v) is 3.95. The van der Waals surface area contributed by atoms with Crippen molar-refractivity contribution in [3.8, 4) is 0 Å². The summed E-state index contributed by atoms with van der Waals surface area (Å²) in [5.74, 6) is 0. The standard InChI is InChI=1S/C17H28N4/c1-5-10-21(13-17(2,3)12-18)11-15-14-8-6-7-9-16(14)20(4)19-15/h6-9H,5,10-13,18H2,1-4H3. The smallest absolute Gasteiger partial charge is 0.0843 e. The SMILES string of the molecule is CCCN(Cc1nn(C)c2ccccc12)CC(C)(C)CN. The second-order valence-corrected chi connectivity index (χ2v) is 6.67. The summed E-state index contributed by atoms with van der Waals surface area (Å²) in [6.07, 6.45) is 1.14. The van der Waals surface area contributed by atoms with Gasteiger partial charge in [0.1, 0.15) is 0 Å². The van der Waals surface area contributed by atoms with E-state index < -0.39 is 0 Å². The Morgan fingerprint density at radius 3 is 2.67 bits per heavy atom. The van der Waals surface area contributed by atoms with E-state index in [1.807, 2.05) is 11.7 Å². The van der Waals surface area contributed by atoms with Crippen LogP contribution in [0.2, 0.25) is 0 Å². The number of aromatic nitrogens is 2. The normalized spacial score (nSPS) is 12.5. The Balaban J connectivity index is 2.23. The lowest BCUT2D eigenvalue weighted by atomic mass is 9.93. The molecule has 0 unspecified atom stereocenters. The molecule has 116 valence electrons. The molecule has 0 saturated heterocycles. The highest BCUT2D eigenvalue weighted by atomic mass is 15.3. The Hall–Kier alpha value is -1.39. The number of nitrogens with two attached hydrogens (primary N) is 1. The lowest BCUT2D eigenvalue weighted by Gasteiger charge is -2.31. The minimum atomic E-state index is 0.139. The lowest BCUT2D eigenvalue weighted by molar-refractivity contribution is 0.174. The highest BCUT2D eigenvalue weighted by Crippen LogP contribution is 2.21. The predicted molar refractivity (Wildman–Crippen MR) is 89.1 cm³/mol. The number of aryl methyl sites for hydroxylation is 1. The van der Waals surface area contributed by atoms with Crippen molar-refractivity contribution in [2.45, 2.75) is 33.7 Å². The van der Waals surface area contributed by atoms with Crippen LogP contribution in [-0.4, -0.2) is 34.3 Å². The topological polar surface area (TPSA) is 47.1 Å². The second kappa shape index (κ2) is 6.58. The van der Waals surface area contributed by atoms with E-state index in [-0.39, 0.29) is 5.41 Å². The molecular formula is C17H28N4.